The molecule has 0 atom stereocenters. The SMILES string of the molecule is CN(C)c1ccc(CNCC2(C)CCOCC2)cc1. The Bertz CT molecular complexity index is 380. The Kier molecular flexibility index (Phi) is 4.83. The average molecular weight is 262 g/mol. The van der Waals surface area contributed by atoms with Gasteiger partial charge in [-0.25, -0.2) is 0 Å². The molecule has 1 saturated heterocycles. The molecule has 0 unspecified atom stereocenters. The Labute approximate surface area is 116 Å². The summed E-state index contributed by atoms with van der Waals surface area (Å²) in [4.78, 5) is 2.13. The van der Waals surface area contributed by atoms with Crippen molar-refractivity contribution >= 4 is 5.69 Å². The molecule has 0 saturated carbocycles. The lowest BCUT2D eigenvalue weighted by Gasteiger charge is -2.33. The maximum Gasteiger partial charge on any atom is 0.0471 e. The van der Waals surface area contributed by atoms with Gasteiger partial charge in [0.1, 0.15) is 0 Å². The van der Waals surface area contributed by atoms with Gasteiger partial charge in [-0.1, -0.05) is 19.1 Å². The Hall–Kier alpha value is -1.06. The molecule has 0 aromatic heterocycles. The molecule has 3 nitrogen and oxygen atoms in total. The number of rotatable bonds is 5. The summed E-state index contributed by atoms with van der Waals surface area (Å²) in [6, 6.07) is 8.75. The standard InChI is InChI=1S/C16H26N2O/c1-16(8-10-19-11-9-16)13-17-12-14-4-6-15(7-5-14)18(2)3/h4-7,17H,8-13H2,1-3H3. The highest BCUT2D eigenvalue weighted by atomic mass is 16.5. The van der Waals surface area contributed by atoms with Gasteiger partial charge in [0.25, 0.3) is 0 Å². The van der Waals surface area contributed by atoms with Gasteiger partial charge in [0.05, 0.1) is 0 Å². The van der Waals surface area contributed by atoms with E-state index in [4.69, 9.17) is 4.74 Å². The summed E-state index contributed by atoms with van der Waals surface area (Å²) in [6.45, 7) is 6.21. The molecular formula is C16H26N2O. The first-order valence-electron chi connectivity index (χ1n) is 7.14. The summed E-state index contributed by atoms with van der Waals surface area (Å²) in [5.74, 6) is 0. The predicted octanol–water partition coefficient (Wildman–Crippen LogP) is 2.66. The molecule has 1 aliphatic rings. The van der Waals surface area contributed by atoms with Crippen LogP contribution in [-0.2, 0) is 11.3 Å². The molecule has 3 heteroatoms. The maximum absolute atomic E-state index is 5.43. The Morgan fingerprint density at radius 3 is 2.37 bits per heavy atom. The third-order valence-corrected chi connectivity index (χ3v) is 4.03. The molecular weight excluding hydrogens is 236 g/mol. The van der Waals surface area contributed by atoms with Crippen molar-refractivity contribution < 1.29 is 4.74 Å². The summed E-state index contributed by atoms with van der Waals surface area (Å²) in [6.07, 6.45) is 2.33. The second kappa shape index (κ2) is 6.40. The molecule has 1 N–H and O–H groups in total. The van der Waals surface area contributed by atoms with E-state index in [9.17, 15) is 0 Å². The summed E-state index contributed by atoms with van der Waals surface area (Å²) < 4.78 is 5.43. The molecule has 0 bridgehead atoms. The first kappa shape index (κ1) is 14.4. The Morgan fingerprint density at radius 2 is 1.79 bits per heavy atom. The van der Waals surface area contributed by atoms with Crippen LogP contribution in [0.3, 0.4) is 0 Å². The van der Waals surface area contributed by atoms with E-state index in [1.54, 1.807) is 0 Å². The van der Waals surface area contributed by atoms with Crippen LogP contribution in [0.1, 0.15) is 25.3 Å². The van der Waals surface area contributed by atoms with Crippen LogP contribution in [0.5, 0.6) is 0 Å². The number of hydrogen-bond donors (Lipinski definition) is 1. The van der Waals surface area contributed by atoms with E-state index in [1.807, 2.05) is 0 Å². The molecule has 19 heavy (non-hydrogen) atoms. The van der Waals surface area contributed by atoms with Crippen molar-refractivity contribution in [2.45, 2.75) is 26.3 Å². The zero-order valence-corrected chi connectivity index (χ0v) is 12.4. The molecule has 1 aromatic carbocycles. The van der Waals surface area contributed by atoms with Crippen LogP contribution in [0.2, 0.25) is 0 Å². The van der Waals surface area contributed by atoms with Gasteiger partial charge < -0.3 is 15.0 Å². The molecule has 0 radical (unpaired) electrons. The molecule has 0 aliphatic carbocycles. The van der Waals surface area contributed by atoms with Crippen LogP contribution in [0, 0.1) is 5.41 Å². The van der Waals surface area contributed by atoms with E-state index in [-0.39, 0.29) is 0 Å². The second-order valence-corrected chi connectivity index (χ2v) is 6.09. The van der Waals surface area contributed by atoms with Crippen LogP contribution in [0.15, 0.2) is 24.3 Å². The normalized spacial score (nSPS) is 18.3. The molecule has 0 amide bonds. The number of anilines is 1. The van der Waals surface area contributed by atoms with Crippen molar-refractivity contribution in [2.75, 3.05) is 38.8 Å². The van der Waals surface area contributed by atoms with E-state index in [0.29, 0.717) is 5.41 Å². The zero-order chi connectivity index (χ0) is 13.7. The minimum absolute atomic E-state index is 0.405. The fourth-order valence-corrected chi connectivity index (χ4v) is 2.46. The monoisotopic (exact) mass is 262 g/mol. The van der Waals surface area contributed by atoms with E-state index in [0.717, 1.165) is 26.3 Å². The number of benzene rings is 1. The Balaban J connectivity index is 1.79. The number of nitrogens with one attached hydrogen (secondary N) is 1. The molecule has 1 aliphatic heterocycles. The van der Waals surface area contributed by atoms with Crippen molar-refractivity contribution in [1.82, 2.24) is 5.32 Å². The van der Waals surface area contributed by atoms with Crippen molar-refractivity contribution in [3.05, 3.63) is 29.8 Å². The van der Waals surface area contributed by atoms with Crippen LogP contribution in [-0.4, -0.2) is 33.9 Å². The lowest BCUT2D eigenvalue weighted by atomic mass is 9.82. The van der Waals surface area contributed by atoms with E-state index < -0.39 is 0 Å². The quantitative estimate of drug-likeness (QED) is 0.883. The molecule has 0 spiro atoms. The topological polar surface area (TPSA) is 24.5 Å². The van der Waals surface area contributed by atoms with Crippen molar-refractivity contribution in [3.63, 3.8) is 0 Å². The summed E-state index contributed by atoms with van der Waals surface area (Å²) in [5.41, 5.74) is 3.00. The Morgan fingerprint density at radius 1 is 1.16 bits per heavy atom. The van der Waals surface area contributed by atoms with Gasteiger partial charge >= 0.3 is 0 Å². The van der Waals surface area contributed by atoms with E-state index in [1.165, 1.54) is 24.1 Å². The predicted molar refractivity (Wildman–Crippen MR) is 80.6 cm³/mol. The maximum atomic E-state index is 5.43. The van der Waals surface area contributed by atoms with Crippen molar-refractivity contribution in [3.8, 4) is 0 Å². The first-order chi connectivity index (χ1) is 9.09. The van der Waals surface area contributed by atoms with Crippen molar-refractivity contribution in [2.24, 2.45) is 5.41 Å². The molecule has 1 aromatic rings. The molecule has 106 valence electrons. The number of nitrogens with zero attached hydrogens (tertiary/aromatic N) is 1. The lowest BCUT2D eigenvalue weighted by molar-refractivity contribution is 0.0240. The smallest absolute Gasteiger partial charge is 0.0471 e. The fourth-order valence-electron chi connectivity index (χ4n) is 2.46. The highest BCUT2D eigenvalue weighted by Crippen LogP contribution is 2.28. The van der Waals surface area contributed by atoms with Crippen LogP contribution in [0.4, 0.5) is 5.69 Å². The van der Waals surface area contributed by atoms with Gasteiger partial charge in [-0.2, -0.15) is 0 Å². The summed E-state index contributed by atoms with van der Waals surface area (Å²) in [7, 11) is 4.14. The van der Waals surface area contributed by atoms with Crippen LogP contribution < -0.4 is 10.2 Å². The van der Waals surface area contributed by atoms with E-state index in [2.05, 4.69) is 55.5 Å². The average Bonchev–Trinajstić information content (AvgIpc) is 2.40. The number of ether oxygens (including phenoxy) is 1. The molecule has 1 fully saturated rings. The van der Waals surface area contributed by atoms with Gasteiger partial charge in [-0.15, -0.1) is 0 Å². The minimum atomic E-state index is 0.405. The van der Waals surface area contributed by atoms with Crippen LogP contribution >= 0.6 is 0 Å². The third kappa shape index (κ3) is 4.22. The van der Waals surface area contributed by atoms with Gasteiger partial charge in [-0.3, -0.25) is 0 Å². The summed E-state index contributed by atoms with van der Waals surface area (Å²) in [5, 5.41) is 3.59. The molecule has 1 heterocycles. The largest absolute Gasteiger partial charge is 0.381 e. The highest BCUT2D eigenvalue weighted by molar-refractivity contribution is 5.45. The molecule has 2 rings (SSSR count). The first-order valence-corrected chi connectivity index (χ1v) is 7.14. The van der Waals surface area contributed by atoms with Gasteiger partial charge in [0.2, 0.25) is 0 Å². The van der Waals surface area contributed by atoms with Crippen LogP contribution in [0.25, 0.3) is 0 Å². The van der Waals surface area contributed by atoms with Gasteiger partial charge in [0.15, 0.2) is 0 Å². The van der Waals surface area contributed by atoms with Gasteiger partial charge in [-0.05, 0) is 36.0 Å². The lowest BCUT2D eigenvalue weighted by Crippen LogP contribution is -2.36. The minimum Gasteiger partial charge on any atom is -0.381 e. The second-order valence-electron chi connectivity index (χ2n) is 6.09. The zero-order valence-electron chi connectivity index (χ0n) is 12.4. The van der Waals surface area contributed by atoms with Gasteiger partial charge in [0, 0.05) is 46.1 Å². The summed E-state index contributed by atoms with van der Waals surface area (Å²) >= 11 is 0. The van der Waals surface area contributed by atoms with Crippen molar-refractivity contribution in [1.29, 1.82) is 0 Å². The van der Waals surface area contributed by atoms with E-state index >= 15 is 0 Å². The fraction of sp³-hybridized carbons (Fsp3) is 0.625. The number of hydrogen-bond acceptors (Lipinski definition) is 3. The third-order valence-electron chi connectivity index (χ3n) is 4.03. The highest BCUT2D eigenvalue weighted by Gasteiger charge is 2.26.